The molecule has 0 aliphatic carbocycles. The van der Waals surface area contributed by atoms with E-state index >= 15 is 0 Å². The Balaban J connectivity index is 2.32. The number of rotatable bonds is 1. The van der Waals surface area contributed by atoms with Crippen molar-refractivity contribution in [2.75, 3.05) is 31.2 Å². The van der Waals surface area contributed by atoms with Crippen LogP contribution in [0.3, 0.4) is 0 Å². The topological polar surface area (TPSA) is 36.3 Å². The van der Waals surface area contributed by atoms with Gasteiger partial charge in [0, 0.05) is 18.1 Å². The van der Waals surface area contributed by atoms with Crippen molar-refractivity contribution in [1.29, 1.82) is 5.26 Å². The molecule has 0 N–H and O–H groups in total. The fourth-order valence-corrected chi connectivity index (χ4v) is 1.83. The van der Waals surface area contributed by atoms with E-state index in [9.17, 15) is 0 Å². The second-order valence-corrected chi connectivity index (χ2v) is 3.81. The maximum absolute atomic E-state index is 8.99. The molecule has 1 fully saturated rings. The molecule has 1 saturated heterocycles. The SMILES string of the molecule is N#Cc1ccc(Cl)cc1N1CCOCC1. The highest BCUT2D eigenvalue weighted by atomic mass is 35.5. The molecule has 0 aromatic heterocycles. The van der Waals surface area contributed by atoms with Gasteiger partial charge in [-0.2, -0.15) is 5.26 Å². The Morgan fingerprint density at radius 2 is 2.07 bits per heavy atom. The van der Waals surface area contributed by atoms with Gasteiger partial charge in [-0.3, -0.25) is 0 Å². The molecule has 0 unspecified atom stereocenters. The van der Waals surface area contributed by atoms with Gasteiger partial charge in [0.05, 0.1) is 24.5 Å². The van der Waals surface area contributed by atoms with Crippen LogP contribution in [0.25, 0.3) is 0 Å². The Kier molecular flexibility index (Phi) is 3.10. The van der Waals surface area contributed by atoms with E-state index in [2.05, 4.69) is 11.0 Å². The van der Waals surface area contributed by atoms with Crippen LogP contribution in [-0.2, 0) is 4.74 Å². The lowest BCUT2D eigenvalue weighted by molar-refractivity contribution is 0.122. The van der Waals surface area contributed by atoms with Crippen LogP contribution in [0.1, 0.15) is 5.56 Å². The molecular weight excluding hydrogens is 212 g/mol. The zero-order valence-corrected chi connectivity index (χ0v) is 9.00. The van der Waals surface area contributed by atoms with Crippen molar-refractivity contribution in [1.82, 2.24) is 0 Å². The lowest BCUT2D eigenvalue weighted by Gasteiger charge is -2.29. The molecular formula is C11H11ClN2O. The quantitative estimate of drug-likeness (QED) is 0.730. The first-order valence-corrected chi connectivity index (χ1v) is 5.21. The predicted octanol–water partition coefficient (Wildman–Crippen LogP) is 2.05. The lowest BCUT2D eigenvalue weighted by Crippen LogP contribution is -2.36. The summed E-state index contributed by atoms with van der Waals surface area (Å²) in [6, 6.07) is 7.51. The lowest BCUT2D eigenvalue weighted by atomic mass is 10.1. The molecule has 78 valence electrons. The molecule has 0 bridgehead atoms. The van der Waals surface area contributed by atoms with Gasteiger partial charge in [-0.25, -0.2) is 0 Å². The Morgan fingerprint density at radius 1 is 1.33 bits per heavy atom. The van der Waals surface area contributed by atoms with Crippen LogP contribution in [0.5, 0.6) is 0 Å². The smallest absolute Gasteiger partial charge is 0.101 e. The van der Waals surface area contributed by atoms with Crippen molar-refractivity contribution < 1.29 is 4.74 Å². The summed E-state index contributed by atoms with van der Waals surface area (Å²) >= 11 is 5.93. The molecule has 1 aromatic carbocycles. The number of nitriles is 1. The monoisotopic (exact) mass is 222 g/mol. The predicted molar refractivity (Wildman–Crippen MR) is 59.2 cm³/mol. The summed E-state index contributed by atoms with van der Waals surface area (Å²) in [5, 5.41) is 9.65. The van der Waals surface area contributed by atoms with Crippen molar-refractivity contribution in [3.63, 3.8) is 0 Å². The van der Waals surface area contributed by atoms with Gasteiger partial charge in [-0.1, -0.05) is 11.6 Å². The van der Waals surface area contributed by atoms with E-state index in [-0.39, 0.29) is 0 Å². The molecule has 0 saturated carbocycles. The first-order valence-electron chi connectivity index (χ1n) is 4.83. The summed E-state index contributed by atoms with van der Waals surface area (Å²) in [6.07, 6.45) is 0. The number of halogens is 1. The van der Waals surface area contributed by atoms with Crippen molar-refractivity contribution in [3.05, 3.63) is 28.8 Å². The van der Waals surface area contributed by atoms with E-state index in [4.69, 9.17) is 21.6 Å². The maximum atomic E-state index is 8.99. The fraction of sp³-hybridized carbons (Fsp3) is 0.364. The van der Waals surface area contributed by atoms with E-state index in [1.807, 2.05) is 6.07 Å². The molecule has 1 aliphatic rings. The van der Waals surface area contributed by atoms with Gasteiger partial charge in [-0.15, -0.1) is 0 Å². The van der Waals surface area contributed by atoms with Crippen molar-refractivity contribution >= 4 is 17.3 Å². The average molecular weight is 223 g/mol. The van der Waals surface area contributed by atoms with Gasteiger partial charge >= 0.3 is 0 Å². The van der Waals surface area contributed by atoms with Crippen LogP contribution >= 0.6 is 11.6 Å². The molecule has 0 amide bonds. The fourth-order valence-electron chi connectivity index (χ4n) is 1.67. The van der Waals surface area contributed by atoms with Crippen LogP contribution in [0.4, 0.5) is 5.69 Å². The van der Waals surface area contributed by atoms with Crippen molar-refractivity contribution in [2.45, 2.75) is 0 Å². The largest absolute Gasteiger partial charge is 0.378 e. The Labute approximate surface area is 93.8 Å². The van der Waals surface area contributed by atoms with Crippen LogP contribution in [0.2, 0.25) is 5.02 Å². The minimum Gasteiger partial charge on any atom is -0.378 e. The van der Waals surface area contributed by atoms with Crippen LogP contribution in [0, 0.1) is 11.3 Å². The number of hydrogen-bond acceptors (Lipinski definition) is 3. The standard InChI is InChI=1S/C11H11ClN2O/c12-10-2-1-9(8-13)11(7-10)14-3-5-15-6-4-14/h1-2,7H,3-6H2. The highest BCUT2D eigenvalue weighted by Crippen LogP contribution is 2.24. The summed E-state index contributed by atoms with van der Waals surface area (Å²) in [7, 11) is 0. The number of morpholine rings is 1. The molecule has 4 heteroatoms. The minimum absolute atomic E-state index is 0.662. The molecule has 1 aliphatic heterocycles. The van der Waals surface area contributed by atoms with E-state index in [1.165, 1.54) is 0 Å². The number of hydrogen-bond donors (Lipinski definition) is 0. The van der Waals surface area contributed by atoms with Crippen molar-refractivity contribution in [2.24, 2.45) is 0 Å². The van der Waals surface area contributed by atoms with E-state index in [0.29, 0.717) is 23.8 Å². The van der Waals surface area contributed by atoms with Gasteiger partial charge in [0.25, 0.3) is 0 Å². The number of nitrogens with zero attached hydrogens (tertiary/aromatic N) is 2. The second kappa shape index (κ2) is 4.52. The summed E-state index contributed by atoms with van der Waals surface area (Å²) < 4.78 is 5.27. The van der Waals surface area contributed by atoms with Gasteiger partial charge in [0.2, 0.25) is 0 Å². The number of benzene rings is 1. The summed E-state index contributed by atoms with van der Waals surface area (Å²) in [6.45, 7) is 3.04. The Bertz CT molecular complexity index is 394. The third-order valence-electron chi connectivity index (χ3n) is 2.43. The van der Waals surface area contributed by atoms with Gasteiger partial charge < -0.3 is 9.64 Å². The molecule has 15 heavy (non-hydrogen) atoms. The summed E-state index contributed by atoms with van der Waals surface area (Å²) in [4.78, 5) is 2.13. The molecule has 2 rings (SSSR count). The first kappa shape index (κ1) is 10.3. The normalized spacial score (nSPS) is 16.1. The van der Waals surface area contributed by atoms with Crippen molar-refractivity contribution in [3.8, 4) is 6.07 Å². The number of ether oxygens (including phenoxy) is 1. The maximum Gasteiger partial charge on any atom is 0.101 e. The zero-order valence-electron chi connectivity index (χ0n) is 8.24. The third kappa shape index (κ3) is 2.23. The van der Waals surface area contributed by atoms with Gasteiger partial charge in [0.15, 0.2) is 0 Å². The number of anilines is 1. The van der Waals surface area contributed by atoms with Crippen LogP contribution in [0.15, 0.2) is 18.2 Å². The summed E-state index contributed by atoms with van der Waals surface area (Å²) in [5.74, 6) is 0. The molecule has 1 aromatic rings. The van der Waals surface area contributed by atoms with Gasteiger partial charge in [0.1, 0.15) is 6.07 Å². The average Bonchev–Trinajstić information content (AvgIpc) is 2.30. The van der Waals surface area contributed by atoms with E-state index < -0.39 is 0 Å². The Morgan fingerprint density at radius 3 is 2.73 bits per heavy atom. The van der Waals surface area contributed by atoms with E-state index in [1.54, 1.807) is 12.1 Å². The molecule has 3 nitrogen and oxygen atoms in total. The highest BCUT2D eigenvalue weighted by molar-refractivity contribution is 6.30. The van der Waals surface area contributed by atoms with E-state index in [0.717, 1.165) is 18.8 Å². The van der Waals surface area contributed by atoms with Gasteiger partial charge in [-0.05, 0) is 18.2 Å². The molecule has 0 spiro atoms. The molecule has 0 radical (unpaired) electrons. The molecule has 0 atom stereocenters. The zero-order chi connectivity index (χ0) is 10.7. The first-order chi connectivity index (χ1) is 7.31. The Hall–Kier alpha value is -1.24. The molecule has 1 heterocycles. The van der Waals surface area contributed by atoms with Crippen LogP contribution in [-0.4, -0.2) is 26.3 Å². The summed E-state index contributed by atoms with van der Waals surface area (Å²) in [5.41, 5.74) is 1.58. The third-order valence-corrected chi connectivity index (χ3v) is 2.67. The van der Waals surface area contributed by atoms with Crippen LogP contribution < -0.4 is 4.90 Å². The highest BCUT2D eigenvalue weighted by Gasteiger charge is 2.14. The second-order valence-electron chi connectivity index (χ2n) is 3.37. The minimum atomic E-state index is 0.662.